The van der Waals surface area contributed by atoms with Gasteiger partial charge in [-0.1, -0.05) is 0 Å². The van der Waals surface area contributed by atoms with Crippen molar-refractivity contribution in [3.63, 3.8) is 0 Å². The Labute approximate surface area is 81.3 Å². The highest BCUT2D eigenvalue weighted by molar-refractivity contribution is 9.11. The molecule has 0 amide bonds. The summed E-state index contributed by atoms with van der Waals surface area (Å²) >= 11 is 6.45. The van der Waals surface area contributed by atoms with Crippen LogP contribution in [0.1, 0.15) is 17.3 Å². The maximum atomic E-state index is 10.9. The molecular weight excluding hydrogens is 274 g/mol. The molecule has 0 saturated heterocycles. The van der Waals surface area contributed by atoms with E-state index in [2.05, 4.69) is 36.8 Å². The number of carbonyl (C=O) groups excluding carboxylic acids is 1. The van der Waals surface area contributed by atoms with Gasteiger partial charge < -0.3 is 0 Å². The fourth-order valence-corrected chi connectivity index (χ4v) is 1.90. The molecule has 0 fully saturated rings. The normalized spacial score (nSPS) is 9.73. The summed E-state index contributed by atoms with van der Waals surface area (Å²) in [6, 6.07) is 1.75. The van der Waals surface area contributed by atoms with E-state index in [0.29, 0.717) is 5.56 Å². The first-order valence-corrected chi connectivity index (χ1v) is 4.52. The van der Waals surface area contributed by atoms with Gasteiger partial charge in [0.05, 0.1) is 0 Å². The van der Waals surface area contributed by atoms with Crippen molar-refractivity contribution in [1.82, 2.24) is 4.98 Å². The van der Waals surface area contributed by atoms with Gasteiger partial charge in [-0.15, -0.1) is 0 Å². The molecule has 4 heteroatoms. The zero-order valence-corrected chi connectivity index (χ0v) is 8.94. The maximum Gasteiger partial charge on any atom is 0.162 e. The molecule has 0 N–H and O–H groups in total. The molecule has 0 bridgehead atoms. The van der Waals surface area contributed by atoms with Gasteiger partial charge in [-0.2, -0.15) is 0 Å². The minimum Gasteiger partial charge on any atom is -0.294 e. The highest BCUT2D eigenvalue weighted by atomic mass is 79.9. The summed E-state index contributed by atoms with van der Waals surface area (Å²) in [6.45, 7) is 1.51. The fourth-order valence-electron chi connectivity index (χ4n) is 0.667. The molecule has 0 spiro atoms. The van der Waals surface area contributed by atoms with Gasteiger partial charge in [-0.3, -0.25) is 4.79 Å². The molecular formula is C7H5Br2NO. The number of Topliss-reactive ketones (excluding diaryl/α,β-unsaturated/α-hetero) is 1. The summed E-state index contributed by atoms with van der Waals surface area (Å²) in [5, 5.41) is 0. The standard InChI is InChI=1S/C7H5Br2NO/c1-4(11)5-3-10-7(9)2-6(5)8/h2-3H,1H3. The average molecular weight is 279 g/mol. The number of rotatable bonds is 1. The second kappa shape index (κ2) is 3.45. The number of hydrogen-bond donors (Lipinski definition) is 0. The van der Waals surface area contributed by atoms with Crippen LogP contribution in [-0.2, 0) is 0 Å². The molecule has 58 valence electrons. The Morgan fingerprint density at radius 2 is 2.18 bits per heavy atom. The van der Waals surface area contributed by atoms with Gasteiger partial charge in [0.25, 0.3) is 0 Å². The molecule has 0 aliphatic carbocycles. The van der Waals surface area contributed by atoms with Gasteiger partial charge in [0.1, 0.15) is 4.60 Å². The van der Waals surface area contributed by atoms with Crippen molar-refractivity contribution in [2.24, 2.45) is 0 Å². The Kier molecular flexibility index (Phi) is 2.78. The largest absolute Gasteiger partial charge is 0.294 e. The zero-order chi connectivity index (χ0) is 8.43. The molecule has 0 aliphatic rings. The van der Waals surface area contributed by atoms with Gasteiger partial charge in [-0.05, 0) is 44.8 Å². The molecule has 2 nitrogen and oxygen atoms in total. The van der Waals surface area contributed by atoms with Gasteiger partial charge in [0.2, 0.25) is 0 Å². The second-order valence-electron chi connectivity index (χ2n) is 2.04. The lowest BCUT2D eigenvalue weighted by Gasteiger charge is -1.98. The minimum atomic E-state index is 0.0110. The lowest BCUT2D eigenvalue weighted by molar-refractivity contribution is 0.101. The molecule has 0 atom stereocenters. The molecule has 1 rings (SSSR count). The first-order valence-electron chi connectivity index (χ1n) is 2.93. The molecule has 1 aromatic rings. The van der Waals surface area contributed by atoms with E-state index in [1.54, 1.807) is 6.07 Å². The van der Waals surface area contributed by atoms with Crippen LogP contribution in [0.4, 0.5) is 0 Å². The van der Waals surface area contributed by atoms with Gasteiger partial charge in [0, 0.05) is 16.2 Å². The minimum absolute atomic E-state index is 0.0110. The van der Waals surface area contributed by atoms with Crippen molar-refractivity contribution in [3.8, 4) is 0 Å². The lowest BCUT2D eigenvalue weighted by atomic mass is 10.2. The summed E-state index contributed by atoms with van der Waals surface area (Å²) < 4.78 is 1.49. The number of ketones is 1. The summed E-state index contributed by atoms with van der Waals surface area (Å²) in [7, 11) is 0. The lowest BCUT2D eigenvalue weighted by Crippen LogP contribution is -1.94. The summed E-state index contributed by atoms with van der Waals surface area (Å²) in [6.07, 6.45) is 1.54. The Balaban J connectivity index is 3.20. The zero-order valence-electron chi connectivity index (χ0n) is 5.77. The van der Waals surface area contributed by atoms with Crippen molar-refractivity contribution < 1.29 is 4.79 Å². The van der Waals surface area contributed by atoms with Crippen LogP contribution in [0.15, 0.2) is 21.3 Å². The van der Waals surface area contributed by atoms with Crippen LogP contribution in [0, 0.1) is 0 Å². The van der Waals surface area contributed by atoms with E-state index in [-0.39, 0.29) is 5.78 Å². The van der Waals surface area contributed by atoms with Crippen molar-refractivity contribution >= 4 is 37.6 Å². The molecule has 0 unspecified atom stereocenters. The number of pyridine rings is 1. The fraction of sp³-hybridized carbons (Fsp3) is 0.143. The van der Waals surface area contributed by atoms with Crippen LogP contribution in [0.3, 0.4) is 0 Å². The molecule has 1 aromatic heterocycles. The van der Waals surface area contributed by atoms with Gasteiger partial charge in [-0.25, -0.2) is 4.98 Å². The number of hydrogen-bond acceptors (Lipinski definition) is 2. The Morgan fingerprint density at radius 3 is 2.64 bits per heavy atom. The van der Waals surface area contributed by atoms with E-state index >= 15 is 0 Å². The van der Waals surface area contributed by atoms with E-state index in [1.165, 1.54) is 13.1 Å². The Hall–Kier alpha value is -0.220. The third kappa shape index (κ3) is 2.10. The van der Waals surface area contributed by atoms with Crippen LogP contribution < -0.4 is 0 Å². The van der Waals surface area contributed by atoms with Crippen LogP contribution in [0.5, 0.6) is 0 Å². The van der Waals surface area contributed by atoms with Crippen LogP contribution in [0.2, 0.25) is 0 Å². The van der Waals surface area contributed by atoms with Crippen molar-refractivity contribution in [3.05, 3.63) is 26.9 Å². The van der Waals surface area contributed by atoms with Crippen molar-refractivity contribution in [2.75, 3.05) is 0 Å². The van der Waals surface area contributed by atoms with E-state index in [9.17, 15) is 4.79 Å². The predicted molar refractivity (Wildman–Crippen MR) is 49.6 cm³/mol. The molecule has 0 aromatic carbocycles. The van der Waals surface area contributed by atoms with Crippen molar-refractivity contribution in [2.45, 2.75) is 6.92 Å². The predicted octanol–water partition coefficient (Wildman–Crippen LogP) is 2.81. The van der Waals surface area contributed by atoms with Crippen molar-refractivity contribution in [1.29, 1.82) is 0 Å². The summed E-state index contributed by atoms with van der Waals surface area (Å²) in [5.41, 5.74) is 0.605. The number of carbonyl (C=O) groups is 1. The number of halogens is 2. The summed E-state index contributed by atoms with van der Waals surface area (Å²) in [5.74, 6) is 0.0110. The second-order valence-corrected chi connectivity index (χ2v) is 3.71. The first kappa shape index (κ1) is 8.87. The Morgan fingerprint density at radius 1 is 1.55 bits per heavy atom. The average Bonchev–Trinajstić information content (AvgIpc) is 1.85. The smallest absolute Gasteiger partial charge is 0.162 e. The van der Waals surface area contributed by atoms with Gasteiger partial charge >= 0.3 is 0 Å². The Bertz CT molecular complexity index is 298. The molecule has 0 saturated carbocycles. The summed E-state index contributed by atoms with van der Waals surface area (Å²) in [4.78, 5) is 14.8. The SMILES string of the molecule is CC(=O)c1cnc(Br)cc1Br. The maximum absolute atomic E-state index is 10.9. The van der Waals surface area contributed by atoms with E-state index < -0.39 is 0 Å². The van der Waals surface area contributed by atoms with E-state index in [1.807, 2.05) is 0 Å². The number of aromatic nitrogens is 1. The number of nitrogens with zero attached hydrogens (tertiary/aromatic N) is 1. The quantitative estimate of drug-likeness (QED) is 0.584. The van der Waals surface area contributed by atoms with E-state index in [0.717, 1.165) is 9.08 Å². The molecule has 1 heterocycles. The van der Waals surface area contributed by atoms with Gasteiger partial charge in [0.15, 0.2) is 5.78 Å². The third-order valence-corrected chi connectivity index (χ3v) is 2.29. The molecule has 0 radical (unpaired) electrons. The highest BCUT2D eigenvalue weighted by Gasteiger charge is 2.04. The monoisotopic (exact) mass is 277 g/mol. The first-order chi connectivity index (χ1) is 5.11. The van der Waals surface area contributed by atoms with E-state index in [4.69, 9.17) is 0 Å². The topological polar surface area (TPSA) is 30.0 Å². The highest BCUT2D eigenvalue weighted by Crippen LogP contribution is 2.19. The van der Waals surface area contributed by atoms with Crippen LogP contribution in [0.25, 0.3) is 0 Å². The van der Waals surface area contributed by atoms with Crippen LogP contribution in [-0.4, -0.2) is 10.8 Å². The molecule has 0 aliphatic heterocycles. The van der Waals surface area contributed by atoms with Crippen LogP contribution >= 0.6 is 31.9 Å². The molecule has 11 heavy (non-hydrogen) atoms. The third-order valence-electron chi connectivity index (χ3n) is 1.20.